The van der Waals surface area contributed by atoms with Gasteiger partial charge in [-0.25, -0.2) is 0 Å². The molecule has 0 aliphatic heterocycles. The van der Waals surface area contributed by atoms with Gasteiger partial charge in [0.2, 0.25) is 0 Å². The van der Waals surface area contributed by atoms with Gasteiger partial charge in [-0.15, -0.1) is 0 Å². The van der Waals surface area contributed by atoms with Crippen LogP contribution in [0.25, 0.3) is 0 Å². The Morgan fingerprint density at radius 3 is 2.12 bits per heavy atom. The molecule has 25 heavy (non-hydrogen) atoms. The van der Waals surface area contributed by atoms with Crippen LogP contribution in [-0.2, 0) is 19.1 Å². The number of hydrogen-bond donors (Lipinski definition) is 2. The third-order valence-electron chi connectivity index (χ3n) is 3.34. The van der Waals surface area contributed by atoms with E-state index in [0.717, 1.165) is 3.57 Å². The van der Waals surface area contributed by atoms with Crippen LogP contribution >= 0.6 is 22.6 Å². The second-order valence-electron chi connectivity index (χ2n) is 5.23. The summed E-state index contributed by atoms with van der Waals surface area (Å²) in [7, 11) is 0. The molecule has 1 aromatic rings. The van der Waals surface area contributed by atoms with Crippen LogP contribution in [0.5, 0.6) is 5.75 Å². The molecular weight excluding hydrogens is 443 g/mol. The van der Waals surface area contributed by atoms with Crippen LogP contribution in [0.3, 0.4) is 0 Å². The Bertz CT molecular complexity index is 554. The van der Waals surface area contributed by atoms with Crippen molar-refractivity contribution in [2.75, 3.05) is 19.8 Å². The summed E-state index contributed by atoms with van der Waals surface area (Å²) < 4.78 is 17.3. The summed E-state index contributed by atoms with van der Waals surface area (Å²) in [4.78, 5) is 22.1. The molecule has 0 amide bonds. The smallest absolute Gasteiger partial charge is 0.303 e. The van der Waals surface area contributed by atoms with E-state index in [9.17, 15) is 9.59 Å². The third-order valence-corrected chi connectivity index (χ3v) is 4.32. The van der Waals surface area contributed by atoms with Crippen molar-refractivity contribution in [3.05, 3.63) is 27.3 Å². The Morgan fingerprint density at radius 1 is 1.08 bits per heavy atom. The number of benzene rings is 1. The van der Waals surface area contributed by atoms with E-state index in [0.29, 0.717) is 24.5 Å². The van der Waals surface area contributed by atoms with Gasteiger partial charge in [0.25, 0.3) is 0 Å². The Morgan fingerprint density at radius 2 is 1.64 bits per heavy atom. The maximum Gasteiger partial charge on any atom is 0.303 e. The predicted molar refractivity (Wildman–Crippen MR) is 98.9 cm³/mol. The molecule has 0 unspecified atom stereocenters. The monoisotopic (exact) mass is 466 g/mol. The molecule has 0 aromatic heterocycles. The summed E-state index contributed by atoms with van der Waals surface area (Å²) in [5, 5.41) is 18.1. The normalized spacial score (nSPS) is 11.1. The van der Waals surface area contributed by atoms with Gasteiger partial charge in [0, 0.05) is 22.7 Å². The van der Waals surface area contributed by atoms with Crippen molar-refractivity contribution >= 4 is 34.5 Å². The fourth-order valence-electron chi connectivity index (χ4n) is 2.32. The fourth-order valence-corrected chi connectivity index (χ4v) is 3.09. The molecule has 0 bridgehead atoms. The highest BCUT2D eigenvalue weighted by Gasteiger charge is 2.22. The molecule has 0 fully saturated rings. The van der Waals surface area contributed by atoms with E-state index in [1.165, 1.54) is 0 Å². The fraction of sp³-hybridized carbons (Fsp3) is 0.529. The van der Waals surface area contributed by atoms with Crippen molar-refractivity contribution in [1.29, 1.82) is 0 Å². The number of carboxylic acids is 2. The number of carbonyl (C=O) groups is 2. The van der Waals surface area contributed by atoms with Crippen LogP contribution in [-0.4, -0.2) is 48.3 Å². The molecule has 0 radical (unpaired) electrons. The zero-order valence-electron chi connectivity index (χ0n) is 14.2. The van der Waals surface area contributed by atoms with Crippen LogP contribution in [0.1, 0.15) is 38.2 Å². The first kappa shape index (κ1) is 21.7. The van der Waals surface area contributed by atoms with Crippen LogP contribution in [0.2, 0.25) is 0 Å². The Labute approximate surface area is 160 Å². The highest BCUT2D eigenvalue weighted by molar-refractivity contribution is 14.1. The van der Waals surface area contributed by atoms with Gasteiger partial charge in [-0.2, -0.15) is 0 Å². The first-order chi connectivity index (χ1) is 11.9. The van der Waals surface area contributed by atoms with Crippen molar-refractivity contribution < 1.29 is 34.0 Å². The lowest BCUT2D eigenvalue weighted by Crippen LogP contribution is -2.25. The first-order valence-corrected chi connectivity index (χ1v) is 9.04. The van der Waals surface area contributed by atoms with Gasteiger partial charge in [-0.05, 0) is 60.2 Å². The molecule has 0 atom stereocenters. The Balaban J connectivity index is 2.92. The van der Waals surface area contributed by atoms with Crippen LogP contribution < -0.4 is 4.74 Å². The van der Waals surface area contributed by atoms with E-state index in [1.54, 1.807) is 18.2 Å². The second kappa shape index (κ2) is 11.3. The summed E-state index contributed by atoms with van der Waals surface area (Å²) >= 11 is 2.06. The summed E-state index contributed by atoms with van der Waals surface area (Å²) in [6.45, 7) is 4.88. The number of aliphatic carboxylic acids is 2. The van der Waals surface area contributed by atoms with Crippen LogP contribution in [0, 0.1) is 3.57 Å². The van der Waals surface area contributed by atoms with Gasteiger partial charge >= 0.3 is 11.9 Å². The molecule has 0 saturated heterocycles. The lowest BCUT2D eigenvalue weighted by molar-refractivity contribution is -0.152. The molecule has 1 aromatic carbocycles. The van der Waals surface area contributed by atoms with E-state index in [1.807, 2.05) is 13.8 Å². The van der Waals surface area contributed by atoms with E-state index in [-0.39, 0.29) is 19.4 Å². The SMILES string of the molecule is CCOC(COc1ccc(I)c(C(CC(=O)O)CC(=O)O)c1)OCC. The molecule has 7 nitrogen and oxygen atoms in total. The summed E-state index contributed by atoms with van der Waals surface area (Å²) in [6.07, 6.45) is -1.01. The number of halogens is 1. The first-order valence-electron chi connectivity index (χ1n) is 7.96. The van der Waals surface area contributed by atoms with E-state index < -0.39 is 24.1 Å². The summed E-state index contributed by atoms with van der Waals surface area (Å²) in [5.74, 6) is -2.19. The molecule has 140 valence electrons. The third kappa shape index (κ3) is 8.02. The van der Waals surface area contributed by atoms with Gasteiger partial charge in [0.15, 0.2) is 6.29 Å². The predicted octanol–water partition coefficient (Wildman–Crippen LogP) is 3.10. The topological polar surface area (TPSA) is 102 Å². The lowest BCUT2D eigenvalue weighted by Gasteiger charge is -2.19. The zero-order valence-corrected chi connectivity index (χ0v) is 16.4. The number of hydrogen-bond acceptors (Lipinski definition) is 5. The Kier molecular flexibility index (Phi) is 9.76. The van der Waals surface area contributed by atoms with Gasteiger partial charge in [-0.1, -0.05) is 0 Å². The summed E-state index contributed by atoms with van der Waals surface area (Å²) in [6, 6.07) is 5.21. The average Bonchev–Trinajstić information content (AvgIpc) is 2.52. The van der Waals surface area contributed by atoms with Crippen LogP contribution in [0.4, 0.5) is 0 Å². The van der Waals surface area contributed by atoms with Gasteiger partial charge in [-0.3, -0.25) is 9.59 Å². The minimum Gasteiger partial charge on any atom is -0.488 e. The van der Waals surface area contributed by atoms with Crippen LogP contribution in [0.15, 0.2) is 18.2 Å². The van der Waals surface area contributed by atoms with Crippen molar-refractivity contribution in [3.63, 3.8) is 0 Å². The molecule has 0 aliphatic rings. The molecule has 0 saturated carbocycles. The van der Waals surface area contributed by atoms with E-state index >= 15 is 0 Å². The average molecular weight is 466 g/mol. The van der Waals surface area contributed by atoms with Crippen molar-refractivity contribution in [2.45, 2.75) is 38.9 Å². The van der Waals surface area contributed by atoms with E-state index in [4.69, 9.17) is 24.4 Å². The zero-order chi connectivity index (χ0) is 18.8. The second-order valence-corrected chi connectivity index (χ2v) is 6.39. The van der Waals surface area contributed by atoms with Gasteiger partial charge in [0.1, 0.15) is 12.4 Å². The molecule has 0 heterocycles. The maximum atomic E-state index is 11.1. The molecule has 2 N–H and O–H groups in total. The highest BCUT2D eigenvalue weighted by Crippen LogP contribution is 2.31. The largest absolute Gasteiger partial charge is 0.488 e. The molecule has 0 aliphatic carbocycles. The van der Waals surface area contributed by atoms with Gasteiger partial charge < -0.3 is 24.4 Å². The number of carboxylic acid groups (broad SMARTS) is 2. The minimum absolute atomic E-state index is 0.185. The summed E-state index contributed by atoms with van der Waals surface area (Å²) in [5.41, 5.74) is 0.646. The number of rotatable bonds is 12. The standard InChI is InChI=1S/C17H23IO7/c1-3-23-17(24-4-2)10-25-12-5-6-14(18)13(9-12)11(7-15(19)20)8-16(21)22/h5-6,9,11,17H,3-4,7-8,10H2,1-2H3,(H,19,20)(H,21,22). The van der Waals surface area contributed by atoms with E-state index in [2.05, 4.69) is 22.6 Å². The lowest BCUT2D eigenvalue weighted by atomic mass is 9.92. The highest BCUT2D eigenvalue weighted by atomic mass is 127. The van der Waals surface area contributed by atoms with Gasteiger partial charge in [0.05, 0.1) is 12.8 Å². The van der Waals surface area contributed by atoms with Crippen molar-refractivity contribution in [3.8, 4) is 5.75 Å². The maximum absolute atomic E-state index is 11.1. The Hall–Kier alpha value is -1.39. The minimum atomic E-state index is -1.04. The molecule has 8 heteroatoms. The quantitative estimate of drug-likeness (QED) is 0.361. The molecule has 1 rings (SSSR count). The number of ether oxygens (including phenoxy) is 3. The molecule has 0 spiro atoms. The molecular formula is C17H23IO7. The van der Waals surface area contributed by atoms with Crippen molar-refractivity contribution in [2.24, 2.45) is 0 Å². The van der Waals surface area contributed by atoms with Crippen molar-refractivity contribution in [1.82, 2.24) is 0 Å².